The smallest absolute Gasteiger partial charge is 0.178 e. The SMILES string of the molecule is N#Cc1ccc2[nH]c(=S)n(CCCn3ccnc3)c2c1. The van der Waals surface area contributed by atoms with Gasteiger partial charge in [0.15, 0.2) is 4.77 Å². The van der Waals surface area contributed by atoms with Crippen LogP contribution in [-0.4, -0.2) is 19.1 Å². The Bertz CT molecular complexity index is 819. The molecule has 3 rings (SSSR count). The Balaban J connectivity index is 1.85. The highest BCUT2D eigenvalue weighted by Gasteiger charge is 2.05. The lowest BCUT2D eigenvalue weighted by Crippen LogP contribution is -2.03. The Morgan fingerprint density at radius 2 is 2.25 bits per heavy atom. The van der Waals surface area contributed by atoms with Gasteiger partial charge in [0.05, 0.1) is 29.0 Å². The number of nitrogens with zero attached hydrogens (tertiary/aromatic N) is 4. The van der Waals surface area contributed by atoms with E-state index >= 15 is 0 Å². The molecule has 3 aromatic rings. The van der Waals surface area contributed by atoms with Crippen molar-refractivity contribution in [2.45, 2.75) is 19.5 Å². The Kier molecular flexibility index (Phi) is 3.35. The number of aromatic amines is 1. The van der Waals surface area contributed by atoms with Gasteiger partial charge in [-0.15, -0.1) is 0 Å². The molecule has 1 N–H and O–H groups in total. The number of hydrogen-bond acceptors (Lipinski definition) is 3. The highest BCUT2D eigenvalue weighted by Crippen LogP contribution is 2.16. The van der Waals surface area contributed by atoms with Crippen molar-refractivity contribution >= 4 is 23.3 Å². The molecule has 1 aromatic carbocycles. The molecule has 0 atom stereocenters. The summed E-state index contributed by atoms with van der Waals surface area (Å²) < 4.78 is 4.78. The van der Waals surface area contributed by atoms with Crippen LogP contribution in [0, 0.1) is 16.1 Å². The molecular formula is C14H13N5S. The van der Waals surface area contributed by atoms with Crippen LogP contribution in [0.4, 0.5) is 0 Å². The summed E-state index contributed by atoms with van der Waals surface area (Å²) >= 11 is 5.35. The average Bonchev–Trinajstić information content (AvgIpc) is 3.07. The van der Waals surface area contributed by atoms with E-state index in [1.165, 1.54) is 0 Å². The van der Waals surface area contributed by atoms with Crippen LogP contribution >= 0.6 is 12.2 Å². The number of nitrogens with one attached hydrogen (secondary N) is 1. The van der Waals surface area contributed by atoms with Crippen molar-refractivity contribution in [2.75, 3.05) is 0 Å². The van der Waals surface area contributed by atoms with E-state index < -0.39 is 0 Å². The highest BCUT2D eigenvalue weighted by molar-refractivity contribution is 7.71. The van der Waals surface area contributed by atoms with E-state index in [9.17, 15) is 0 Å². The van der Waals surface area contributed by atoms with E-state index in [0.29, 0.717) is 10.3 Å². The molecular weight excluding hydrogens is 270 g/mol. The molecule has 0 bridgehead atoms. The molecule has 6 heteroatoms. The molecule has 0 radical (unpaired) electrons. The minimum Gasteiger partial charge on any atom is -0.337 e. The summed E-state index contributed by atoms with van der Waals surface area (Å²) in [6.07, 6.45) is 6.48. The topological polar surface area (TPSA) is 62.3 Å². The van der Waals surface area contributed by atoms with E-state index in [0.717, 1.165) is 30.5 Å². The number of imidazole rings is 2. The summed E-state index contributed by atoms with van der Waals surface area (Å²) in [5.74, 6) is 0. The molecule has 0 spiro atoms. The van der Waals surface area contributed by atoms with Gasteiger partial charge >= 0.3 is 0 Å². The lowest BCUT2D eigenvalue weighted by Gasteiger charge is -2.05. The number of aryl methyl sites for hydroxylation is 2. The third kappa shape index (κ3) is 2.36. The largest absolute Gasteiger partial charge is 0.337 e. The van der Waals surface area contributed by atoms with Gasteiger partial charge in [0, 0.05) is 25.5 Å². The number of H-pyrrole nitrogens is 1. The number of rotatable bonds is 4. The maximum absolute atomic E-state index is 8.99. The van der Waals surface area contributed by atoms with Crippen LogP contribution in [0.25, 0.3) is 11.0 Å². The van der Waals surface area contributed by atoms with Crippen molar-refractivity contribution in [1.82, 2.24) is 19.1 Å². The van der Waals surface area contributed by atoms with Crippen molar-refractivity contribution in [3.8, 4) is 6.07 Å². The third-order valence-corrected chi connectivity index (χ3v) is 3.58. The van der Waals surface area contributed by atoms with Gasteiger partial charge < -0.3 is 14.1 Å². The maximum Gasteiger partial charge on any atom is 0.178 e. The van der Waals surface area contributed by atoms with Gasteiger partial charge in [-0.05, 0) is 36.8 Å². The van der Waals surface area contributed by atoms with Gasteiger partial charge in [-0.25, -0.2) is 4.98 Å². The van der Waals surface area contributed by atoms with E-state index in [2.05, 4.69) is 16.0 Å². The molecule has 0 amide bonds. The van der Waals surface area contributed by atoms with E-state index in [1.807, 2.05) is 33.8 Å². The molecule has 2 heterocycles. The standard InChI is InChI=1S/C14H13N5S/c15-9-11-2-3-12-13(8-11)19(14(20)17-12)6-1-5-18-7-4-16-10-18/h2-4,7-8,10H,1,5-6H2,(H,17,20). The molecule has 0 saturated heterocycles. The van der Waals surface area contributed by atoms with Crippen LogP contribution in [0.3, 0.4) is 0 Å². The van der Waals surface area contributed by atoms with Gasteiger partial charge in [-0.2, -0.15) is 5.26 Å². The second-order valence-electron chi connectivity index (χ2n) is 4.58. The zero-order valence-corrected chi connectivity index (χ0v) is 11.6. The van der Waals surface area contributed by atoms with Crippen molar-refractivity contribution in [3.05, 3.63) is 47.3 Å². The molecule has 0 aliphatic rings. The van der Waals surface area contributed by atoms with Crippen molar-refractivity contribution in [3.63, 3.8) is 0 Å². The summed E-state index contributed by atoms with van der Waals surface area (Å²) in [5.41, 5.74) is 2.60. The molecule has 0 fully saturated rings. The number of hydrogen-bond donors (Lipinski definition) is 1. The minimum atomic E-state index is 0.648. The number of nitriles is 1. The first-order valence-corrected chi connectivity index (χ1v) is 6.77. The van der Waals surface area contributed by atoms with Crippen LogP contribution in [0.15, 0.2) is 36.9 Å². The molecule has 20 heavy (non-hydrogen) atoms. The van der Waals surface area contributed by atoms with Crippen LogP contribution in [-0.2, 0) is 13.1 Å². The van der Waals surface area contributed by atoms with Crippen LogP contribution in [0.2, 0.25) is 0 Å². The lowest BCUT2D eigenvalue weighted by atomic mass is 10.2. The van der Waals surface area contributed by atoms with Gasteiger partial charge in [0.2, 0.25) is 0 Å². The fourth-order valence-corrected chi connectivity index (χ4v) is 2.57. The summed E-state index contributed by atoms with van der Waals surface area (Å²) in [7, 11) is 0. The summed E-state index contributed by atoms with van der Waals surface area (Å²) in [5, 5.41) is 8.99. The third-order valence-electron chi connectivity index (χ3n) is 3.26. The van der Waals surface area contributed by atoms with Crippen molar-refractivity contribution in [1.29, 1.82) is 5.26 Å². The fraction of sp³-hybridized carbons (Fsp3) is 0.214. The molecule has 5 nitrogen and oxygen atoms in total. The zero-order chi connectivity index (χ0) is 13.9. The molecule has 2 aromatic heterocycles. The van der Waals surface area contributed by atoms with Crippen LogP contribution < -0.4 is 0 Å². The summed E-state index contributed by atoms with van der Waals surface area (Å²) in [6.45, 7) is 1.71. The predicted molar refractivity (Wildman–Crippen MR) is 78.7 cm³/mol. The Morgan fingerprint density at radius 1 is 1.35 bits per heavy atom. The first-order chi connectivity index (χ1) is 9.78. The second kappa shape index (κ2) is 5.31. The molecule has 100 valence electrons. The van der Waals surface area contributed by atoms with Crippen LogP contribution in [0.1, 0.15) is 12.0 Å². The van der Waals surface area contributed by atoms with Gasteiger partial charge in [-0.1, -0.05) is 0 Å². The zero-order valence-electron chi connectivity index (χ0n) is 10.8. The molecule has 0 unspecified atom stereocenters. The first kappa shape index (κ1) is 12.6. The summed E-state index contributed by atoms with van der Waals surface area (Å²) in [4.78, 5) is 7.19. The maximum atomic E-state index is 8.99. The average molecular weight is 283 g/mol. The lowest BCUT2D eigenvalue weighted by molar-refractivity contribution is 0.568. The highest BCUT2D eigenvalue weighted by atomic mass is 32.1. The summed E-state index contributed by atoms with van der Waals surface area (Å²) in [6, 6.07) is 7.73. The second-order valence-corrected chi connectivity index (χ2v) is 4.97. The van der Waals surface area contributed by atoms with E-state index in [4.69, 9.17) is 17.5 Å². The monoisotopic (exact) mass is 283 g/mol. The van der Waals surface area contributed by atoms with Crippen molar-refractivity contribution < 1.29 is 0 Å². The number of benzene rings is 1. The van der Waals surface area contributed by atoms with Gasteiger partial charge in [-0.3, -0.25) is 0 Å². The fourth-order valence-electron chi connectivity index (χ4n) is 2.27. The number of aromatic nitrogens is 4. The van der Waals surface area contributed by atoms with E-state index in [1.54, 1.807) is 12.3 Å². The minimum absolute atomic E-state index is 0.648. The Labute approximate surface area is 121 Å². The van der Waals surface area contributed by atoms with Gasteiger partial charge in [0.25, 0.3) is 0 Å². The predicted octanol–water partition coefficient (Wildman–Crippen LogP) is 2.86. The van der Waals surface area contributed by atoms with Crippen molar-refractivity contribution in [2.24, 2.45) is 0 Å². The molecule has 0 aliphatic heterocycles. The van der Waals surface area contributed by atoms with Gasteiger partial charge in [0.1, 0.15) is 0 Å². The Hall–Kier alpha value is -2.39. The van der Waals surface area contributed by atoms with Crippen LogP contribution in [0.5, 0.6) is 0 Å². The molecule has 0 aliphatic carbocycles. The first-order valence-electron chi connectivity index (χ1n) is 6.36. The van der Waals surface area contributed by atoms with E-state index in [-0.39, 0.29) is 0 Å². The quantitative estimate of drug-likeness (QED) is 0.749. The Morgan fingerprint density at radius 3 is 3.00 bits per heavy atom. The number of fused-ring (bicyclic) bond motifs is 1. The molecule has 0 saturated carbocycles. The normalized spacial score (nSPS) is 10.8.